The van der Waals surface area contributed by atoms with Gasteiger partial charge >= 0.3 is 0 Å². The van der Waals surface area contributed by atoms with Crippen LogP contribution in [0.2, 0.25) is 0 Å². The van der Waals surface area contributed by atoms with Gasteiger partial charge in [-0.1, -0.05) is 178 Å². The Balaban J connectivity index is 1.09. The second-order valence-corrected chi connectivity index (χ2v) is 17.9. The summed E-state index contributed by atoms with van der Waals surface area (Å²) >= 11 is 0. The second-order valence-electron chi connectivity index (χ2n) is 17.9. The fourth-order valence-corrected chi connectivity index (χ4v) is 10.4. The topological polar surface area (TPSA) is 56.5 Å². The molecule has 0 atom stereocenters. The summed E-state index contributed by atoms with van der Waals surface area (Å²) < 4.78 is 2.27. The van der Waals surface area contributed by atoms with Crippen LogP contribution in [0.25, 0.3) is 117 Å². The zero-order valence-corrected chi connectivity index (χ0v) is 36.4. The summed E-state index contributed by atoms with van der Waals surface area (Å²) in [5, 5.41) is 5.70. The first-order valence-electron chi connectivity index (χ1n) is 22.5. The minimum Gasteiger partial charge on any atom is -0.278 e. The van der Waals surface area contributed by atoms with Crippen LogP contribution in [0, 0.1) is 0 Å². The first-order valence-corrected chi connectivity index (χ1v) is 22.5. The van der Waals surface area contributed by atoms with Crippen molar-refractivity contribution < 1.29 is 0 Å². The zero-order valence-electron chi connectivity index (χ0n) is 36.4. The molecule has 1 aliphatic carbocycles. The van der Waals surface area contributed by atoms with Crippen LogP contribution in [0.3, 0.4) is 0 Å². The number of rotatable bonds is 6. The van der Waals surface area contributed by atoms with E-state index in [0.29, 0.717) is 17.6 Å². The van der Waals surface area contributed by atoms with Crippen LogP contribution in [-0.2, 0) is 5.41 Å². The van der Waals surface area contributed by atoms with Crippen molar-refractivity contribution >= 4 is 43.5 Å². The summed E-state index contributed by atoms with van der Waals surface area (Å²) in [5.74, 6) is 1.77. The lowest BCUT2D eigenvalue weighted by molar-refractivity contribution is 0.661. The Kier molecular flexibility index (Phi) is 8.49. The normalized spacial score (nSPS) is 12.8. The van der Waals surface area contributed by atoms with Gasteiger partial charge in [0.25, 0.3) is 0 Å². The summed E-state index contributed by atoms with van der Waals surface area (Å²) in [5.41, 5.74) is 16.6. The number of hydrogen-bond acceptors (Lipinski definition) is 4. The van der Waals surface area contributed by atoms with Gasteiger partial charge in [0, 0.05) is 44.3 Å². The van der Waals surface area contributed by atoms with Crippen LogP contribution in [0.4, 0.5) is 0 Å². The molecule has 310 valence electrons. The van der Waals surface area contributed by atoms with Crippen LogP contribution in [-0.4, -0.2) is 24.5 Å². The van der Waals surface area contributed by atoms with E-state index in [4.69, 9.17) is 19.9 Å². The van der Waals surface area contributed by atoms with Crippen molar-refractivity contribution in [3.05, 3.63) is 224 Å². The first kappa shape index (κ1) is 38.0. The molecule has 0 spiro atoms. The highest BCUT2D eigenvalue weighted by Crippen LogP contribution is 2.51. The maximum atomic E-state index is 5.44. The van der Waals surface area contributed by atoms with E-state index in [1.165, 1.54) is 22.3 Å². The molecule has 66 heavy (non-hydrogen) atoms. The van der Waals surface area contributed by atoms with Gasteiger partial charge in [0.15, 0.2) is 11.6 Å². The first-order chi connectivity index (χ1) is 32.5. The molecule has 9 aromatic carbocycles. The fraction of sp³-hybridized carbons (Fsp3) is 0.0492. The van der Waals surface area contributed by atoms with Crippen LogP contribution in [0.5, 0.6) is 0 Å². The molecule has 3 aromatic heterocycles. The van der Waals surface area contributed by atoms with Crippen molar-refractivity contribution in [2.24, 2.45) is 0 Å². The maximum absolute atomic E-state index is 5.44. The summed E-state index contributed by atoms with van der Waals surface area (Å²) in [6.45, 7) is 4.68. The third kappa shape index (κ3) is 6.01. The molecule has 0 fully saturated rings. The fourth-order valence-electron chi connectivity index (χ4n) is 10.4. The van der Waals surface area contributed by atoms with E-state index in [0.717, 1.165) is 88.0 Å². The molecule has 0 radical (unpaired) electrons. The van der Waals surface area contributed by atoms with Crippen molar-refractivity contribution in [1.82, 2.24) is 24.5 Å². The molecular weight excluding hydrogens is 803 g/mol. The monoisotopic (exact) mass is 843 g/mol. The lowest BCUT2D eigenvalue weighted by Crippen LogP contribution is -2.15. The number of fused-ring (bicyclic) bond motifs is 9. The van der Waals surface area contributed by atoms with Crippen molar-refractivity contribution in [3.8, 4) is 73.2 Å². The average molecular weight is 844 g/mol. The van der Waals surface area contributed by atoms with Gasteiger partial charge in [-0.25, -0.2) is 4.98 Å². The lowest BCUT2D eigenvalue weighted by atomic mass is 9.82. The molecule has 5 nitrogen and oxygen atoms in total. The Bertz CT molecular complexity index is 3800. The molecule has 0 amide bonds. The van der Waals surface area contributed by atoms with Crippen LogP contribution < -0.4 is 0 Å². The molecule has 0 saturated carbocycles. The summed E-state index contributed by atoms with van der Waals surface area (Å²) in [6, 6.07) is 73.6. The van der Waals surface area contributed by atoms with E-state index in [1.807, 2.05) is 24.4 Å². The zero-order chi connectivity index (χ0) is 43.9. The second kappa shape index (κ2) is 14.8. The molecule has 5 heteroatoms. The summed E-state index contributed by atoms with van der Waals surface area (Å²) in [6.07, 6.45) is 1.89. The number of nitrogens with zero attached hydrogens (tertiary/aromatic N) is 5. The third-order valence-electron chi connectivity index (χ3n) is 13.7. The lowest BCUT2D eigenvalue weighted by Gasteiger charge is -2.21. The molecular formula is C61H41N5. The average Bonchev–Trinajstić information content (AvgIpc) is 3.82. The molecule has 0 N–H and O–H groups in total. The predicted molar refractivity (Wildman–Crippen MR) is 272 cm³/mol. The van der Waals surface area contributed by atoms with Crippen molar-refractivity contribution in [2.75, 3.05) is 0 Å². The van der Waals surface area contributed by atoms with Crippen LogP contribution in [0.15, 0.2) is 212 Å². The third-order valence-corrected chi connectivity index (χ3v) is 13.7. The van der Waals surface area contributed by atoms with E-state index >= 15 is 0 Å². The van der Waals surface area contributed by atoms with Crippen molar-refractivity contribution in [1.29, 1.82) is 0 Å². The summed E-state index contributed by atoms with van der Waals surface area (Å²) in [4.78, 5) is 21.1. The van der Waals surface area contributed by atoms with Gasteiger partial charge in [-0.3, -0.25) is 9.55 Å². The smallest absolute Gasteiger partial charge is 0.238 e. The van der Waals surface area contributed by atoms with E-state index in [2.05, 4.69) is 206 Å². The van der Waals surface area contributed by atoms with Gasteiger partial charge in [-0.2, -0.15) is 9.97 Å². The highest BCUT2D eigenvalue weighted by atomic mass is 15.2. The van der Waals surface area contributed by atoms with Gasteiger partial charge in [-0.05, 0) is 103 Å². The Hall–Kier alpha value is -8.54. The Labute approximate surface area is 382 Å². The number of hydrogen-bond donors (Lipinski definition) is 0. The van der Waals surface area contributed by atoms with Gasteiger partial charge < -0.3 is 0 Å². The van der Waals surface area contributed by atoms with Gasteiger partial charge in [0.05, 0.1) is 16.6 Å². The molecule has 0 saturated heterocycles. The predicted octanol–water partition coefficient (Wildman–Crippen LogP) is 15.3. The van der Waals surface area contributed by atoms with E-state index in [-0.39, 0.29) is 5.41 Å². The molecule has 3 heterocycles. The molecule has 13 rings (SSSR count). The Morgan fingerprint density at radius 1 is 0.379 bits per heavy atom. The van der Waals surface area contributed by atoms with E-state index in [1.54, 1.807) is 0 Å². The molecule has 0 bridgehead atoms. The largest absolute Gasteiger partial charge is 0.278 e. The standard InChI is InChI=1S/C61H41N5/c1-61(2)52-27-10-9-25-48(52)49-36-51-50-35-44(47-26-13-19-40-28-29-41-24-14-32-62-57(41)56(40)47)30-31-54(50)66(55(51)37-53(49)61)60-64-58(45-22-11-20-42(33-45)38-15-5-3-6-16-38)63-59(65-60)46-23-12-21-43(34-46)39-17-7-4-8-18-39/h3-37H,1-2H3. The Morgan fingerprint density at radius 3 is 1.70 bits per heavy atom. The van der Waals surface area contributed by atoms with Crippen molar-refractivity contribution in [3.63, 3.8) is 0 Å². The number of aromatic nitrogens is 5. The molecule has 1 aliphatic rings. The van der Waals surface area contributed by atoms with Crippen LogP contribution in [0.1, 0.15) is 25.0 Å². The van der Waals surface area contributed by atoms with Gasteiger partial charge in [0.2, 0.25) is 5.95 Å². The van der Waals surface area contributed by atoms with Gasteiger partial charge in [0.1, 0.15) is 0 Å². The number of pyridine rings is 1. The Morgan fingerprint density at radius 2 is 0.970 bits per heavy atom. The highest BCUT2D eigenvalue weighted by Gasteiger charge is 2.36. The minimum absolute atomic E-state index is 0.214. The van der Waals surface area contributed by atoms with Crippen LogP contribution >= 0.6 is 0 Å². The maximum Gasteiger partial charge on any atom is 0.238 e. The number of benzene rings is 9. The van der Waals surface area contributed by atoms with Gasteiger partial charge in [-0.15, -0.1) is 0 Å². The minimum atomic E-state index is -0.214. The SMILES string of the molecule is CC1(C)c2ccccc2-c2cc3c4cc(-c5cccc6ccc7cccnc7c56)ccc4n(-c4nc(-c5cccc(-c6ccccc6)c5)nc(-c5cccc(-c6ccccc6)c5)n4)c3cc21. The molecule has 0 unspecified atom stereocenters. The highest BCUT2D eigenvalue weighted by molar-refractivity contribution is 6.16. The molecule has 12 aromatic rings. The van der Waals surface area contributed by atoms with E-state index < -0.39 is 0 Å². The summed E-state index contributed by atoms with van der Waals surface area (Å²) in [7, 11) is 0. The molecule has 0 aliphatic heterocycles. The van der Waals surface area contributed by atoms with Crippen molar-refractivity contribution in [2.45, 2.75) is 19.3 Å². The van der Waals surface area contributed by atoms with E-state index in [9.17, 15) is 0 Å². The quantitative estimate of drug-likeness (QED) is 0.156.